The van der Waals surface area contributed by atoms with Gasteiger partial charge < -0.3 is 10.7 Å². The van der Waals surface area contributed by atoms with Gasteiger partial charge in [-0.15, -0.1) is 0 Å². The molecule has 4 nitrogen and oxygen atoms in total. The van der Waals surface area contributed by atoms with Crippen molar-refractivity contribution < 1.29 is 0 Å². The van der Waals surface area contributed by atoms with Gasteiger partial charge in [0.2, 0.25) is 0 Å². The minimum absolute atomic E-state index is 0.640. The van der Waals surface area contributed by atoms with Crippen LogP contribution >= 0.6 is 0 Å². The SMILES string of the molecule is CCc1cccc(Nc2ccnc(NN)c2)c1. The highest BCUT2D eigenvalue weighted by Crippen LogP contribution is 2.19. The van der Waals surface area contributed by atoms with E-state index in [1.807, 2.05) is 24.3 Å². The molecule has 0 saturated carbocycles. The van der Waals surface area contributed by atoms with E-state index in [1.54, 1.807) is 6.20 Å². The summed E-state index contributed by atoms with van der Waals surface area (Å²) in [6.07, 6.45) is 2.74. The van der Waals surface area contributed by atoms with Crippen LogP contribution in [0.25, 0.3) is 0 Å². The van der Waals surface area contributed by atoms with Crippen molar-refractivity contribution in [2.45, 2.75) is 13.3 Å². The van der Waals surface area contributed by atoms with Crippen LogP contribution in [0.5, 0.6) is 0 Å². The molecule has 4 heteroatoms. The Kier molecular flexibility index (Phi) is 3.57. The van der Waals surface area contributed by atoms with Crippen molar-refractivity contribution in [2.24, 2.45) is 5.84 Å². The third-order valence-corrected chi connectivity index (χ3v) is 2.53. The standard InChI is InChI=1S/C13H16N4/c1-2-10-4-3-5-11(8-10)16-12-6-7-15-13(9-12)17-14/h3-9H,2,14H2,1H3,(H2,15,16,17). The van der Waals surface area contributed by atoms with Crippen LogP contribution in [-0.2, 0) is 6.42 Å². The summed E-state index contributed by atoms with van der Waals surface area (Å²) in [4.78, 5) is 4.06. The van der Waals surface area contributed by atoms with Crippen molar-refractivity contribution in [1.82, 2.24) is 4.98 Å². The molecule has 0 saturated heterocycles. The molecule has 0 fully saturated rings. The largest absolute Gasteiger partial charge is 0.355 e. The monoisotopic (exact) mass is 228 g/mol. The number of nitrogen functional groups attached to an aromatic ring is 1. The van der Waals surface area contributed by atoms with Gasteiger partial charge in [0.05, 0.1) is 0 Å². The Bertz CT molecular complexity index is 451. The Hall–Kier alpha value is -2.07. The molecule has 88 valence electrons. The summed E-state index contributed by atoms with van der Waals surface area (Å²) in [5, 5.41) is 3.32. The first kappa shape index (κ1) is 11.4. The first-order valence-corrected chi connectivity index (χ1v) is 5.60. The maximum Gasteiger partial charge on any atom is 0.141 e. The second-order valence-electron chi connectivity index (χ2n) is 3.75. The lowest BCUT2D eigenvalue weighted by Crippen LogP contribution is -2.08. The summed E-state index contributed by atoms with van der Waals surface area (Å²) in [7, 11) is 0. The average molecular weight is 228 g/mol. The van der Waals surface area contributed by atoms with Gasteiger partial charge in [-0.3, -0.25) is 0 Å². The van der Waals surface area contributed by atoms with Gasteiger partial charge in [-0.2, -0.15) is 0 Å². The summed E-state index contributed by atoms with van der Waals surface area (Å²) in [5.41, 5.74) is 5.86. The van der Waals surface area contributed by atoms with E-state index in [1.165, 1.54) is 5.56 Å². The van der Waals surface area contributed by atoms with Crippen LogP contribution in [-0.4, -0.2) is 4.98 Å². The molecule has 0 bridgehead atoms. The number of pyridine rings is 1. The van der Waals surface area contributed by atoms with Gasteiger partial charge in [0.15, 0.2) is 0 Å². The van der Waals surface area contributed by atoms with Crippen LogP contribution in [0.4, 0.5) is 17.2 Å². The van der Waals surface area contributed by atoms with Crippen LogP contribution in [0.2, 0.25) is 0 Å². The number of aromatic nitrogens is 1. The highest BCUT2D eigenvalue weighted by atomic mass is 15.2. The molecular formula is C13H16N4. The number of nitrogens with two attached hydrogens (primary N) is 1. The van der Waals surface area contributed by atoms with Crippen molar-refractivity contribution in [3.05, 3.63) is 48.2 Å². The van der Waals surface area contributed by atoms with E-state index in [0.29, 0.717) is 5.82 Å². The zero-order chi connectivity index (χ0) is 12.1. The van der Waals surface area contributed by atoms with Crippen molar-refractivity contribution >= 4 is 17.2 Å². The fourth-order valence-corrected chi connectivity index (χ4v) is 1.62. The maximum atomic E-state index is 5.32. The van der Waals surface area contributed by atoms with E-state index < -0.39 is 0 Å². The quantitative estimate of drug-likeness (QED) is 0.556. The molecule has 0 radical (unpaired) electrons. The van der Waals surface area contributed by atoms with Gasteiger partial charge in [-0.05, 0) is 30.2 Å². The second-order valence-corrected chi connectivity index (χ2v) is 3.75. The van der Waals surface area contributed by atoms with Gasteiger partial charge in [0, 0.05) is 23.6 Å². The molecule has 1 heterocycles. The molecular weight excluding hydrogens is 212 g/mol. The van der Waals surface area contributed by atoms with Crippen LogP contribution in [0.1, 0.15) is 12.5 Å². The molecule has 2 aromatic rings. The van der Waals surface area contributed by atoms with Gasteiger partial charge in [0.1, 0.15) is 5.82 Å². The van der Waals surface area contributed by atoms with Gasteiger partial charge in [0.25, 0.3) is 0 Å². The van der Waals surface area contributed by atoms with E-state index >= 15 is 0 Å². The minimum atomic E-state index is 0.640. The minimum Gasteiger partial charge on any atom is -0.355 e. The van der Waals surface area contributed by atoms with E-state index in [9.17, 15) is 0 Å². The predicted octanol–water partition coefficient (Wildman–Crippen LogP) is 2.67. The third kappa shape index (κ3) is 2.95. The Balaban J connectivity index is 2.18. The molecule has 0 amide bonds. The zero-order valence-electron chi connectivity index (χ0n) is 9.77. The van der Waals surface area contributed by atoms with Gasteiger partial charge in [-0.25, -0.2) is 10.8 Å². The van der Waals surface area contributed by atoms with Gasteiger partial charge >= 0.3 is 0 Å². The molecule has 0 aliphatic heterocycles. The Labute approximate surface area is 101 Å². The lowest BCUT2D eigenvalue weighted by atomic mass is 10.1. The Morgan fingerprint density at radius 2 is 2.00 bits per heavy atom. The van der Waals surface area contributed by atoms with E-state index in [4.69, 9.17) is 5.84 Å². The van der Waals surface area contributed by atoms with Crippen LogP contribution in [0.15, 0.2) is 42.6 Å². The Morgan fingerprint density at radius 1 is 1.18 bits per heavy atom. The smallest absolute Gasteiger partial charge is 0.141 e. The van der Waals surface area contributed by atoms with E-state index in [-0.39, 0.29) is 0 Å². The summed E-state index contributed by atoms with van der Waals surface area (Å²) in [5.74, 6) is 5.96. The molecule has 0 atom stereocenters. The number of benzene rings is 1. The van der Waals surface area contributed by atoms with Crippen molar-refractivity contribution in [3.63, 3.8) is 0 Å². The molecule has 0 aliphatic rings. The fraction of sp³-hybridized carbons (Fsp3) is 0.154. The normalized spacial score (nSPS) is 10.0. The number of anilines is 3. The zero-order valence-corrected chi connectivity index (χ0v) is 9.77. The Morgan fingerprint density at radius 3 is 2.76 bits per heavy atom. The summed E-state index contributed by atoms with van der Waals surface area (Å²) in [6, 6.07) is 12.1. The molecule has 4 N–H and O–H groups in total. The van der Waals surface area contributed by atoms with Crippen molar-refractivity contribution in [1.29, 1.82) is 0 Å². The van der Waals surface area contributed by atoms with E-state index in [2.05, 4.69) is 34.8 Å². The van der Waals surface area contributed by atoms with Crippen LogP contribution in [0.3, 0.4) is 0 Å². The van der Waals surface area contributed by atoms with Crippen LogP contribution in [0, 0.1) is 0 Å². The number of nitrogens with zero attached hydrogens (tertiary/aromatic N) is 1. The number of nitrogens with one attached hydrogen (secondary N) is 2. The third-order valence-electron chi connectivity index (χ3n) is 2.53. The molecule has 1 aromatic heterocycles. The average Bonchev–Trinajstić information content (AvgIpc) is 2.39. The summed E-state index contributed by atoms with van der Waals surface area (Å²) in [6.45, 7) is 2.14. The lowest BCUT2D eigenvalue weighted by Gasteiger charge is -2.08. The number of hydrazine groups is 1. The fourth-order valence-electron chi connectivity index (χ4n) is 1.62. The van der Waals surface area contributed by atoms with Crippen molar-refractivity contribution in [2.75, 3.05) is 10.7 Å². The number of hydrogen-bond acceptors (Lipinski definition) is 4. The highest BCUT2D eigenvalue weighted by Gasteiger charge is 1.97. The van der Waals surface area contributed by atoms with Gasteiger partial charge in [-0.1, -0.05) is 19.1 Å². The first-order chi connectivity index (χ1) is 8.31. The van der Waals surface area contributed by atoms with Crippen LogP contribution < -0.4 is 16.6 Å². The predicted molar refractivity (Wildman–Crippen MR) is 71.1 cm³/mol. The topological polar surface area (TPSA) is 63.0 Å². The number of hydrogen-bond donors (Lipinski definition) is 3. The lowest BCUT2D eigenvalue weighted by molar-refractivity contribution is 1.14. The molecule has 0 aliphatic carbocycles. The van der Waals surface area contributed by atoms with E-state index in [0.717, 1.165) is 17.8 Å². The molecule has 1 aromatic carbocycles. The first-order valence-electron chi connectivity index (χ1n) is 5.60. The number of aryl methyl sites for hydroxylation is 1. The molecule has 2 rings (SSSR count). The summed E-state index contributed by atoms with van der Waals surface area (Å²) >= 11 is 0. The molecule has 0 spiro atoms. The maximum absolute atomic E-state index is 5.32. The number of rotatable bonds is 4. The molecule has 0 unspecified atom stereocenters. The second kappa shape index (κ2) is 5.32. The van der Waals surface area contributed by atoms with Crippen molar-refractivity contribution in [3.8, 4) is 0 Å². The summed E-state index contributed by atoms with van der Waals surface area (Å²) < 4.78 is 0. The highest BCUT2D eigenvalue weighted by molar-refractivity contribution is 5.62. The molecule has 17 heavy (non-hydrogen) atoms.